The number of nitrogens with one attached hydrogen (secondary N) is 2. The fourth-order valence-electron chi connectivity index (χ4n) is 2.35. The largest absolute Gasteiger partial charge is 0.478 e. The molecule has 0 saturated heterocycles. The first-order valence-electron chi connectivity index (χ1n) is 7.72. The van der Waals surface area contributed by atoms with E-state index in [0.29, 0.717) is 0 Å². The zero-order valence-corrected chi connectivity index (χ0v) is 14.1. The van der Waals surface area contributed by atoms with E-state index in [1.807, 2.05) is 0 Å². The number of non-ortho nitro benzene ring substituents is 2. The summed E-state index contributed by atoms with van der Waals surface area (Å²) >= 11 is 0. The smallest absolute Gasteiger partial charge is 0.338 e. The predicted molar refractivity (Wildman–Crippen MR) is 97.1 cm³/mol. The van der Waals surface area contributed by atoms with Gasteiger partial charge in [0.05, 0.1) is 21.0 Å². The van der Waals surface area contributed by atoms with Crippen LogP contribution in [0.25, 0.3) is 0 Å². The Morgan fingerprint density at radius 3 is 1.43 bits per heavy atom. The maximum Gasteiger partial charge on any atom is 0.338 e. The second kappa shape index (κ2) is 8.44. The van der Waals surface area contributed by atoms with Crippen molar-refractivity contribution < 1.29 is 29.6 Å². The normalized spacial score (nSPS) is 10.1. The van der Waals surface area contributed by atoms with Gasteiger partial charge in [-0.2, -0.15) is 0 Å². The fraction of sp³-hybridized carbons (Fsp3) is 0.125. The number of hydrogen-bond acceptors (Lipinski definition) is 8. The van der Waals surface area contributed by atoms with Gasteiger partial charge in [-0.1, -0.05) is 0 Å². The van der Waals surface area contributed by atoms with Crippen molar-refractivity contribution in [3.05, 3.63) is 67.8 Å². The van der Waals surface area contributed by atoms with Crippen LogP contribution in [0, 0.1) is 20.2 Å². The molecule has 0 aliphatic carbocycles. The van der Waals surface area contributed by atoms with E-state index in [1.165, 1.54) is 12.1 Å². The molecule has 0 aliphatic heterocycles. The van der Waals surface area contributed by atoms with Crippen LogP contribution in [0.1, 0.15) is 20.7 Å². The number of nitro groups is 2. The number of carbonyl (C=O) groups is 2. The van der Waals surface area contributed by atoms with Crippen LogP contribution >= 0.6 is 0 Å². The van der Waals surface area contributed by atoms with Crippen LogP contribution in [0.3, 0.4) is 0 Å². The van der Waals surface area contributed by atoms with Gasteiger partial charge < -0.3 is 20.8 Å². The van der Waals surface area contributed by atoms with Crippen molar-refractivity contribution >= 4 is 34.7 Å². The van der Waals surface area contributed by atoms with Crippen molar-refractivity contribution in [3.63, 3.8) is 0 Å². The highest BCUT2D eigenvalue weighted by molar-refractivity contribution is 5.95. The minimum Gasteiger partial charge on any atom is -0.478 e. The molecule has 0 bridgehead atoms. The van der Waals surface area contributed by atoms with E-state index in [-0.39, 0.29) is 47.0 Å². The number of rotatable bonds is 9. The second-order valence-corrected chi connectivity index (χ2v) is 5.44. The number of carboxylic acids is 2. The third kappa shape index (κ3) is 4.69. The van der Waals surface area contributed by atoms with E-state index in [9.17, 15) is 40.0 Å². The molecule has 28 heavy (non-hydrogen) atoms. The molecule has 0 radical (unpaired) electrons. The molecule has 0 fully saturated rings. The average molecular weight is 390 g/mol. The van der Waals surface area contributed by atoms with Gasteiger partial charge in [0.2, 0.25) is 0 Å². The molecule has 2 aromatic carbocycles. The summed E-state index contributed by atoms with van der Waals surface area (Å²) in [6.45, 7) is 0.294. The number of aromatic carboxylic acids is 2. The quantitative estimate of drug-likeness (QED) is 0.281. The summed E-state index contributed by atoms with van der Waals surface area (Å²) in [5.74, 6) is -2.69. The molecule has 4 N–H and O–H groups in total. The van der Waals surface area contributed by atoms with Crippen LogP contribution in [0.5, 0.6) is 0 Å². The summed E-state index contributed by atoms with van der Waals surface area (Å²) in [7, 11) is 0. The van der Waals surface area contributed by atoms with Crippen LogP contribution in [0.2, 0.25) is 0 Å². The number of nitrogens with zero attached hydrogens (tertiary/aromatic N) is 2. The van der Waals surface area contributed by atoms with Crippen molar-refractivity contribution in [2.24, 2.45) is 0 Å². The van der Waals surface area contributed by atoms with Gasteiger partial charge in [0, 0.05) is 48.7 Å². The summed E-state index contributed by atoms with van der Waals surface area (Å²) in [6.07, 6.45) is 0. The lowest BCUT2D eigenvalue weighted by Crippen LogP contribution is -2.17. The second-order valence-electron chi connectivity index (χ2n) is 5.44. The molecule has 0 amide bonds. The summed E-state index contributed by atoms with van der Waals surface area (Å²) in [5, 5.41) is 45.4. The molecule has 12 nitrogen and oxygen atoms in total. The van der Waals surface area contributed by atoms with Crippen molar-refractivity contribution in [2.45, 2.75) is 0 Å². The molecule has 2 aromatic rings. The van der Waals surface area contributed by atoms with Gasteiger partial charge in [-0.25, -0.2) is 9.59 Å². The third-order valence-electron chi connectivity index (χ3n) is 3.64. The Bertz CT molecular complexity index is 882. The first-order chi connectivity index (χ1) is 13.2. The van der Waals surface area contributed by atoms with Crippen molar-refractivity contribution in [1.82, 2.24) is 0 Å². The Morgan fingerprint density at radius 2 is 1.14 bits per heavy atom. The van der Waals surface area contributed by atoms with Crippen LogP contribution < -0.4 is 10.6 Å². The molecular weight excluding hydrogens is 376 g/mol. The van der Waals surface area contributed by atoms with E-state index in [4.69, 9.17) is 0 Å². The first-order valence-corrected chi connectivity index (χ1v) is 7.72. The van der Waals surface area contributed by atoms with Gasteiger partial charge in [-0.3, -0.25) is 20.2 Å². The highest BCUT2D eigenvalue weighted by Gasteiger charge is 2.17. The van der Waals surface area contributed by atoms with Crippen molar-refractivity contribution in [2.75, 3.05) is 23.7 Å². The molecule has 0 saturated carbocycles. The average Bonchev–Trinajstić information content (AvgIpc) is 2.64. The standard InChI is InChI=1S/C16H14N4O8/c21-15(22)11-7-9(19(25)26)1-3-13(11)17-5-6-18-14-4-2-10(20(27)28)8-12(14)16(23)24/h1-4,7-8,17-18H,5-6H2,(H,21,22)(H,23,24). The minimum absolute atomic E-state index is 0.147. The molecule has 0 aromatic heterocycles. The van der Waals surface area contributed by atoms with Gasteiger partial charge in [0.15, 0.2) is 0 Å². The Kier molecular flexibility index (Phi) is 6.06. The minimum atomic E-state index is -1.34. The summed E-state index contributed by atoms with van der Waals surface area (Å²) < 4.78 is 0. The molecule has 0 unspecified atom stereocenters. The number of nitro benzene ring substituents is 2. The number of hydrogen-bond donors (Lipinski definition) is 4. The lowest BCUT2D eigenvalue weighted by atomic mass is 10.1. The van der Waals surface area contributed by atoms with Crippen molar-refractivity contribution in [1.29, 1.82) is 0 Å². The fourth-order valence-corrected chi connectivity index (χ4v) is 2.35. The third-order valence-corrected chi connectivity index (χ3v) is 3.64. The molecule has 0 heterocycles. The Labute approximate surface area is 156 Å². The van der Waals surface area contributed by atoms with Crippen LogP contribution in [-0.4, -0.2) is 45.1 Å². The Hall–Kier alpha value is -4.22. The summed E-state index contributed by atoms with van der Waals surface area (Å²) in [6, 6.07) is 6.68. The maximum atomic E-state index is 11.3. The molecule has 2 rings (SSSR count). The topological polar surface area (TPSA) is 185 Å². The van der Waals surface area contributed by atoms with Crippen molar-refractivity contribution in [3.8, 4) is 0 Å². The molecule has 0 atom stereocenters. The van der Waals surface area contributed by atoms with E-state index < -0.39 is 21.8 Å². The Balaban J connectivity index is 2.07. The molecule has 0 aliphatic rings. The van der Waals surface area contributed by atoms with E-state index in [1.54, 1.807) is 0 Å². The lowest BCUT2D eigenvalue weighted by molar-refractivity contribution is -0.385. The van der Waals surface area contributed by atoms with Gasteiger partial charge in [0.1, 0.15) is 0 Å². The number of anilines is 2. The first kappa shape index (κ1) is 20.1. The SMILES string of the molecule is O=C(O)c1cc([N+](=O)[O-])ccc1NCCNc1ccc([N+](=O)[O-])cc1C(=O)O. The zero-order valence-electron chi connectivity index (χ0n) is 14.1. The highest BCUT2D eigenvalue weighted by atomic mass is 16.6. The van der Waals surface area contributed by atoms with E-state index in [2.05, 4.69) is 10.6 Å². The van der Waals surface area contributed by atoms with Crippen LogP contribution in [-0.2, 0) is 0 Å². The van der Waals surface area contributed by atoms with Gasteiger partial charge in [0.25, 0.3) is 11.4 Å². The van der Waals surface area contributed by atoms with E-state index >= 15 is 0 Å². The monoisotopic (exact) mass is 390 g/mol. The zero-order chi connectivity index (χ0) is 20.8. The summed E-state index contributed by atoms with van der Waals surface area (Å²) in [4.78, 5) is 42.6. The summed E-state index contributed by atoms with van der Waals surface area (Å²) in [5.41, 5.74) is -0.980. The molecular formula is C16H14N4O8. The molecule has 146 valence electrons. The van der Waals surface area contributed by atoms with Crippen LogP contribution in [0.15, 0.2) is 36.4 Å². The van der Waals surface area contributed by atoms with Gasteiger partial charge in [-0.05, 0) is 12.1 Å². The van der Waals surface area contributed by atoms with Gasteiger partial charge in [-0.15, -0.1) is 0 Å². The molecule has 12 heteroatoms. The number of carboxylic acid groups (broad SMARTS) is 2. The highest BCUT2D eigenvalue weighted by Crippen LogP contribution is 2.23. The maximum absolute atomic E-state index is 11.3. The van der Waals surface area contributed by atoms with E-state index in [0.717, 1.165) is 24.3 Å². The van der Waals surface area contributed by atoms with Crippen LogP contribution in [0.4, 0.5) is 22.7 Å². The number of benzene rings is 2. The lowest BCUT2D eigenvalue weighted by Gasteiger charge is -2.12. The molecule has 0 spiro atoms. The van der Waals surface area contributed by atoms with Gasteiger partial charge >= 0.3 is 11.9 Å². The Morgan fingerprint density at radius 1 is 0.786 bits per heavy atom. The predicted octanol–water partition coefficient (Wildman–Crippen LogP) is 2.42.